The maximum absolute atomic E-state index is 12.7. The Morgan fingerprint density at radius 2 is 2.13 bits per heavy atom. The quantitative estimate of drug-likeness (QED) is 0.554. The topological polar surface area (TPSA) is 39.2 Å². The Balaban J connectivity index is 2.01. The van der Waals surface area contributed by atoms with Crippen LogP contribution in [0.4, 0.5) is 4.39 Å². The van der Waals surface area contributed by atoms with E-state index < -0.39 is 11.9 Å². The van der Waals surface area contributed by atoms with Crippen molar-refractivity contribution in [3.05, 3.63) is 29.8 Å². The van der Waals surface area contributed by atoms with E-state index in [2.05, 4.69) is 4.98 Å². The SMILES string of the molecule is O=C(OC1CCCC1)c1cccc(F)n1. The molecule has 0 aliphatic heterocycles. The molecule has 0 unspecified atom stereocenters. The number of hydrogen-bond donors (Lipinski definition) is 0. The van der Waals surface area contributed by atoms with E-state index in [4.69, 9.17) is 4.74 Å². The summed E-state index contributed by atoms with van der Waals surface area (Å²) in [4.78, 5) is 15.0. The number of rotatable bonds is 2. The van der Waals surface area contributed by atoms with Crippen molar-refractivity contribution in [2.24, 2.45) is 0 Å². The van der Waals surface area contributed by atoms with Gasteiger partial charge in [0, 0.05) is 0 Å². The Morgan fingerprint density at radius 1 is 1.40 bits per heavy atom. The van der Waals surface area contributed by atoms with Gasteiger partial charge in [-0.2, -0.15) is 4.39 Å². The molecule has 2 rings (SSSR count). The maximum Gasteiger partial charge on any atom is 0.357 e. The Hall–Kier alpha value is -1.45. The highest BCUT2D eigenvalue weighted by molar-refractivity contribution is 5.87. The monoisotopic (exact) mass is 209 g/mol. The van der Waals surface area contributed by atoms with Gasteiger partial charge in [0.05, 0.1) is 0 Å². The fourth-order valence-electron chi connectivity index (χ4n) is 1.74. The number of nitrogens with zero attached hydrogens (tertiary/aromatic N) is 1. The van der Waals surface area contributed by atoms with Gasteiger partial charge in [-0.05, 0) is 37.8 Å². The fourth-order valence-corrected chi connectivity index (χ4v) is 1.74. The molecule has 15 heavy (non-hydrogen) atoms. The van der Waals surface area contributed by atoms with Crippen LogP contribution in [0.15, 0.2) is 18.2 Å². The predicted octanol–water partition coefficient (Wildman–Crippen LogP) is 2.32. The van der Waals surface area contributed by atoms with Crippen LogP contribution in [0.5, 0.6) is 0 Å². The van der Waals surface area contributed by atoms with Gasteiger partial charge in [0.1, 0.15) is 6.10 Å². The van der Waals surface area contributed by atoms with Crippen LogP contribution in [0.1, 0.15) is 36.2 Å². The van der Waals surface area contributed by atoms with Crippen LogP contribution in [0.25, 0.3) is 0 Å². The third-order valence-electron chi connectivity index (χ3n) is 2.50. The van der Waals surface area contributed by atoms with Gasteiger partial charge < -0.3 is 4.74 Å². The Labute approximate surface area is 87.3 Å². The van der Waals surface area contributed by atoms with Crippen molar-refractivity contribution >= 4 is 5.97 Å². The zero-order chi connectivity index (χ0) is 10.7. The van der Waals surface area contributed by atoms with Crippen LogP contribution in [0, 0.1) is 5.95 Å². The molecule has 0 spiro atoms. The highest BCUT2D eigenvalue weighted by Crippen LogP contribution is 2.21. The van der Waals surface area contributed by atoms with Crippen molar-refractivity contribution in [3.63, 3.8) is 0 Å². The molecule has 1 aromatic heterocycles. The number of carbonyl (C=O) groups is 1. The molecule has 0 saturated heterocycles. The van der Waals surface area contributed by atoms with Crippen molar-refractivity contribution in [2.75, 3.05) is 0 Å². The van der Waals surface area contributed by atoms with Crippen molar-refractivity contribution in [3.8, 4) is 0 Å². The van der Waals surface area contributed by atoms with Gasteiger partial charge in [-0.25, -0.2) is 9.78 Å². The fraction of sp³-hybridized carbons (Fsp3) is 0.455. The molecule has 0 bridgehead atoms. The van der Waals surface area contributed by atoms with E-state index in [1.807, 2.05) is 0 Å². The molecule has 1 fully saturated rings. The number of carbonyl (C=O) groups excluding carboxylic acids is 1. The normalized spacial score (nSPS) is 16.6. The maximum atomic E-state index is 12.7. The summed E-state index contributed by atoms with van der Waals surface area (Å²) in [5.41, 5.74) is 0.0434. The molecular formula is C11H12FNO2. The molecule has 0 atom stereocenters. The lowest BCUT2D eigenvalue weighted by Crippen LogP contribution is -2.16. The van der Waals surface area contributed by atoms with Crippen LogP contribution in [-0.2, 0) is 4.74 Å². The first-order valence-electron chi connectivity index (χ1n) is 5.09. The minimum Gasteiger partial charge on any atom is -0.458 e. The average Bonchev–Trinajstić information content (AvgIpc) is 2.70. The zero-order valence-corrected chi connectivity index (χ0v) is 8.28. The summed E-state index contributed by atoms with van der Waals surface area (Å²) in [6.45, 7) is 0. The molecule has 1 aliphatic carbocycles. The lowest BCUT2D eigenvalue weighted by Gasteiger charge is -2.10. The number of ether oxygens (including phenoxy) is 1. The highest BCUT2D eigenvalue weighted by Gasteiger charge is 2.20. The Bertz CT molecular complexity index is 361. The van der Waals surface area contributed by atoms with Crippen LogP contribution in [-0.4, -0.2) is 17.1 Å². The smallest absolute Gasteiger partial charge is 0.357 e. The number of hydrogen-bond acceptors (Lipinski definition) is 3. The third kappa shape index (κ3) is 2.52. The van der Waals surface area contributed by atoms with Gasteiger partial charge in [0.2, 0.25) is 5.95 Å². The van der Waals surface area contributed by atoms with Crippen LogP contribution < -0.4 is 0 Å². The molecule has 0 N–H and O–H groups in total. The van der Waals surface area contributed by atoms with E-state index in [0.29, 0.717) is 0 Å². The van der Waals surface area contributed by atoms with Crippen molar-refractivity contribution in [1.82, 2.24) is 4.98 Å². The molecule has 80 valence electrons. The summed E-state index contributed by atoms with van der Waals surface area (Å²) in [6, 6.07) is 4.11. The molecule has 0 radical (unpaired) electrons. The van der Waals surface area contributed by atoms with Crippen molar-refractivity contribution in [2.45, 2.75) is 31.8 Å². The van der Waals surface area contributed by atoms with E-state index in [1.165, 1.54) is 18.2 Å². The number of pyridine rings is 1. The minimum absolute atomic E-state index is 0.0115. The number of aromatic nitrogens is 1. The second-order valence-electron chi connectivity index (χ2n) is 3.66. The summed E-state index contributed by atoms with van der Waals surface area (Å²) in [5, 5.41) is 0. The minimum atomic E-state index is -0.657. The lowest BCUT2D eigenvalue weighted by atomic mass is 10.3. The first-order chi connectivity index (χ1) is 7.25. The standard InChI is InChI=1S/C11H12FNO2/c12-10-7-3-6-9(13-10)11(14)15-8-4-1-2-5-8/h3,6-8H,1-2,4-5H2. The van der Waals surface area contributed by atoms with E-state index in [-0.39, 0.29) is 11.8 Å². The summed E-state index contributed by atoms with van der Waals surface area (Å²) >= 11 is 0. The van der Waals surface area contributed by atoms with E-state index >= 15 is 0 Å². The van der Waals surface area contributed by atoms with E-state index in [9.17, 15) is 9.18 Å². The van der Waals surface area contributed by atoms with Crippen LogP contribution >= 0.6 is 0 Å². The largest absolute Gasteiger partial charge is 0.458 e. The molecule has 1 aromatic rings. The number of halogens is 1. The van der Waals surface area contributed by atoms with Crippen LogP contribution in [0.2, 0.25) is 0 Å². The Kier molecular flexibility index (Phi) is 2.94. The summed E-state index contributed by atoms with van der Waals surface area (Å²) < 4.78 is 17.9. The van der Waals surface area contributed by atoms with E-state index in [1.54, 1.807) is 0 Å². The zero-order valence-electron chi connectivity index (χ0n) is 8.28. The van der Waals surface area contributed by atoms with Gasteiger partial charge in [-0.15, -0.1) is 0 Å². The molecule has 3 nitrogen and oxygen atoms in total. The molecule has 0 aromatic carbocycles. The lowest BCUT2D eigenvalue weighted by molar-refractivity contribution is 0.0309. The second-order valence-corrected chi connectivity index (χ2v) is 3.66. The summed E-state index contributed by atoms with van der Waals surface area (Å²) in [6.07, 6.45) is 3.98. The van der Waals surface area contributed by atoms with Crippen molar-refractivity contribution < 1.29 is 13.9 Å². The first kappa shape index (κ1) is 10.1. The van der Waals surface area contributed by atoms with Gasteiger partial charge >= 0.3 is 5.97 Å². The van der Waals surface area contributed by atoms with Gasteiger partial charge in [0.25, 0.3) is 0 Å². The highest BCUT2D eigenvalue weighted by atomic mass is 19.1. The molecule has 1 saturated carbocycles. The van der Waals surface area contributed by atoms with Crippen molar-refractivity contribution in [1.29, 1.82) is 0 Å². The molecular weight excluding hydrogens is 197 g/mol. The van der Waals surface area contributed by atoms with Gasteiger partial charge in [-0.3, -0.25) is 0 Å². The van der Waals surface area contributed by atoms with Gasteiger partial charge in [-0.1, -0.05) is 6.07 Å². The third-order valence-corrected chi connectivity index (χ3v) is 2.50. The van der Waals surface area contributed by atoms with E-state index in [0.717, 1.165) is 25.7 Å². The first-order valence-corrected chi connectivity index (χ1v) is 5.09. The average molecular weight is 209 g/mol. The van der Waals surface area contributed by atoms with Crippen LogP contribution in [0.3, 0.4) is 0 Å². The number of esters is 1. The molecule has 1 aliphatic rings. The van der Waals surface area contributed by atoms with Gasteiger partial charge in [0.15, 0.2) is 5.69 Å². The second kappa shape index (κ2) is 4.38. The summed E-state index contributed by atoms with van der Waals surface area (Å²) in [5.74, 6) is -1.18. The Morgan fingerprint density at radius 3 is 2.80 bits per heavy atom. The molecule has 1 heterocycles. The predicted molar refractivity (Wildman–Crippen MR) is 51.9 cm³/mol. The summed E-state index contributed by atoms with van der Waals surface area (Å²) in [7, 11) is 0. The molecule has 4 heteroatoms. The molecule has 0 amide bonds.